The summed E-state index contributed by atoms with van der Waals surface area (Å²) in [7, 11) is 1.50. The molecule has 3 N–H and O–H groups in total. The summed E-state index contributed by atoms with van der Waals surface area (Å²) < 4.78 is 5.86. The lowest BCUT2D eigenvalue weighted by Crippen LogP contribution is -2.13. The summed E-state index contributed by atoms with van der Waals surface area (Å²) in [5.41, 5.74) is 6.20. The molecule has 0 radical (unpaired) electrons. The minimum absolute atomic E-state index is 0.251. The van der Waals surface area contributed by atoms with E-state index in [1.807, 2.05) is 0 Å². The maximum atomic E-state index is 12.0. The van der Waals surface area contributed by atoms with Gasteiger partial charge >= 0.3 is 0 Å². The zero-order valence-electron chi connectivity index (χ0n) is 9.74. The number of aromatic nitrogens is 1. The Kier molecular flexibility index (Phi) is 4.28. The summed E-state index contributed by atoms with van der Waals surface area (Å²) >= 11 is 10.5. The second-order valence-electron chi connectivity index (χ2n) is 3.49. The van der Waals surface area contributed by atoms with E-state index in [0.717, 1.165) is 0 Å². The smallest absolute Gasteiger partial charge is 0.275 e. The molecule has 0 aliphatic rings. The van der Waals surface area contributed by atoms with Crippen molar-refractivity contribution in [2.45, 2.75) is 0 Å². The molecule has 0 aliphatic heterocycles. The molecular formula is C11H9BrClN3O2S. The van der Waals surface area contributed by atoms with Crippen LogP contribution < -0.4 is 15.8 Å². The van der Waals surface area contributed by atoms with Crippen molar-refractivity contribution >= 4 is 55.6 Å². The maximum absolute atomic E-state index is 12.0. The van der Waals surface area contributed by atoms with Gasteiger partial charge in [0.15, 0.2) is 10.9 Å². The molecule has 0 unspecified atom stereocenters. The van der Waals surface area contributed by atoms with E-state index < -0.39 is 0 Å². The highest BCUT2D eigenvalue weighted by atomic mass is 79.9. The second kappa shape index (κ2) is 5.77. The first-order valence-corrected chi connectivity index (χ1v) is 7.11. The van der Waals surface area contributed by atoms with Crippen LogP contribution in [-0.4, -0.2) is 18.0 Å². The van der Waals surface area contributed by atoms with Crippen molar-refractivity contribution < 1.29 is 9.53 Å². The van der Waals surface area contributed by atoms with Crippen LogP contribution in [0.4, 0.5) is 10.8 Å². The van der Waals surface area contributed by atoms with Gasteiger partial charge in [-0.2, -0.15) is 0 Å². The average molecular weight is 363 g/mol. The highest BCUT2D eigenvalue weighted by Crippen LogP contribution is 2.36. The third kappa shape index (κ3) is 3.17. The number of halogens is 2. The van der Waals surface area contributed by atoms with Crippen molar-refractivity contribution in [3.63, 3.8) is 0 Å². The third-order valence-electron chi connectivity index (χ3n) is 2.22. The van der Waals surface area contributed by atoms with Gasteiger partial charge in [-0.15, -0.1) is 11.3 Å². The molecule has 2 aromatic rings. The zero-order valence-corrected chi connectivity index (χ0v) is 12.9. The van der Waals surface area contributed by atoms with Gasteiger partial charge in [-0.25, -0.2) is 4.98 Å². The van der Waals surface area contributed by atoms with Crippen LogP contribution in [0, 0.1) is 0 Å². The summed E-state index contributed by atoms with van der Waals surface area (Å²) in [6, 6.07) is 3.27. The molecule has 1 amide bonds. The Balaban J connectivity index is 2.30. The summed E-state index contributed by atoms with van der Waals surface area (Å²) in [4.78, 5) is 15.9. The molecule has 1 aromatic carbocycles. The summed E-state index contributed by atoms with van der Waals surface area (Å²) in [5, 5.41) is 5.07. The summed E-state index contributed by atoms with van der Waals surface area (Å²) in [6.07, 6.45) is 0. The number of nitrogen functional groups attached to an aromatic ring is 1. The first-order chi connectivity index (χ1) is 9.01. The lowest BCUT2D eigenvalue weighted by atomic mass is 10.3. The Morgan fingerprint density at radius 1 is 1.58 bits per heavy atom. The van der Waals surface area contributed by atoms with Crippen LogP contribution in [0.2, 0.25) is 5.02 Å². The zero-order chi connectivity index (χ0) is 14.0. The number of methoxy groups -OCH3 is 1. The fourth-order valence-corrected chi connectivity index (χ4v) is 2.95. The average Bonchev–Trinajstić information content (AvgIpc) is 2.75. The van der Waals surface area contributed by atoms with E-state index in [1.165, 1.54) is 18.4 Å². The molecule has 5 nitrogen and oxygen atoms in total. The van der Waals surface area contributed by atoms with Crippen LogP contribution in [0.5, 0.6) is 5.75 Å². The van der Waals surface area contributed by atoms with Crippen LogP contribution in [-0.2, 0) is 0 Å². The van der Waals surface area contributed by atoms with E-state index in [2.05, 4.69) is 26.2 Å². The monoisotopic (exact) mass is 361 g/mol. The molecular weight excluding hydrogens is 354 g/mol. The Morgan fingerprint density at radius 3 is 2.89 bits per heavy atom. The Bertz CT molecular complexity index is 632. The topological polar surface area (TPSA) is 77.2 Å². The molecule has 0 saturated carbocycles. The molecule has 0 atom stereocenters. The number of nitrogens with two attached hydrogens (primary N) is 1. The largest absolute Gasteiger partial charge is 0.493 e. The van der Waals surface area contributed by atoms with E-state index in [4.69, 9.17) is 22.1 Å². The van der Waals surface area contributed by atoms with Gasteiger partial charge in [-0.3, -0.25) is 4.79 Å². The number of carbonyl (C=O) groups is 1. The molecule has 0 spiro atoms. The maximum Gasteiger partial charge on any atom is 0.275 e. The Morgan fingerprint density at radius 2 is 2.32 bits per heavy atom. The van der Waals surface area contributed by atoms with Gasteiger partial charge in [0, 0.05) is 10.4 Å². The van der Waals surface area contributed by atoms with Gasteiger partial charge < -0.3 is 15.8 Å². The van der Waals surface area contributed by atoms with Crippen molar-refractivity contribution in [2.24, 2.45) is 0 Å². The van der Waals surface area contributed by atoms with Gasteiger partial charge in [0.2, 0.25) is 0 Å². The van der Waals surface area contributed by atoms with E-state index >= 15 is 0 Å². The minimum atomic E-state index is -0.375. The third-order valence-corrected chi connectivity index (χ3v) is 3.70. The second-order valence-corrected chi connectivity index (χ2v) is 5.67. The van der Waals surface area contributed by atoms with Crippen LogP contribution in [0.15, 0.2) is 22.0 Å². The molecule has 1 aromatic heterocycles. The van der Waals surface area contributed by atoms with Crippen molar-refractivity contribution in [1.29, 1.82) is 0 Å². The number of amides is 1. The normalized spacial score (nSPS) is 10.3. The number of ether oxygens (including phenoxy) is 1. The molecule has 0 saturated heterocycles. The number of hydrogen-bond acceptors (Lipinski definition) is 5. The van der Waals surface area contributed by atoms with Gasteiger partial charge in [0.05, 0.1) is 17.3 Å². The van der Waals surface area contributed by atoms with Crippen molar-refractivity contribution in [1.82, 2.24) is 4.98 Å². The minimum Gasteiger partial charge on any atom is -0.493 e. The highest BCUT2D eigenvalue weighted by Gasteiger charge is 2.15. The molecule has 0 aliphatic carbocycles. The number of nitrogens with zero attached hydrogens (tertiary/aromatic N) is 1. The SMILES string of the molecule is COc1c(Br)cc(Cl)cc1NC(=O)c1csc(N)n1. The van der Waals surface area contributed by atoms with Crippen molar-refractivity contribution in [3.05, 3.63) is 32.7 Å². The first-order valence-electron chi connectivity index (χ1n) is 5.06. The van der Waals surface area contributed by atoms with E-state index in [0.29, 0.717) is 26.1 Å². The summed E-state index contributed by atoms with van der Waals surface area (Å²) in [6.45, 7) is 0. The van der Waals surface area contributed by atoms with E-state index in [-0.39, 0.29) is 11.6 Å². The number of benzene rings is 1. The van der Waals surface area contributed by atoms with E-state index in [9.17, 15) is 4.79 Å². The van der Waals surface area contributed by atoms with Gasteiger partial charge in [0.1, 0.15) is 5.69 Å². The molecule has 100 valence electrons. The molecule has 19 heavy (non-hydrogen) atoms. The van der Waals surface area contributed by atoms with E-state index in [1.54, 1.807) is 17.5 Å². The van der Waals surface area contributed by atoms with Crippen molar-refractivity contribution in [2.75, 3.05) is 18.2 Å². The molecule has 8 heteroatoms. The first kappa shape index (κ1) is 14.1. The molecule has 0 fully saturated rings. The lowest BCUT2D eigenvalue weighted by molar-refractivity contribution is 0.102. The van der Waals surface area contributed by atoms with Gasteiger partial charge in [0.25, 0.3) is 5.91 Å². The predicted octanol–water partition coefficient (Wildman–Crippen LogP) is 3.40. The number of hydrogen-bond donors (Lipinski definition) is 2. The van der Waals surface area contributed by atoms with Crippen LogP contribution in [0.1, 0.15) is 10.5 Å². The highest BCUT2D eigenvalue weighted by molar-refractivity contribution is 9.10. The molecule has 1 heterocycles. The summed E-state index contributed by atoms with van der Waals surface area (Å²) in [5.74, 6) is 0.112. The van der Waals surface area contributed by atoms with Gasteiger partial charge in [-0.1, -0.05) is 11.6 Å². The fourth-order valence-electron chi connectivity index (χ4n) is 1.44. The van der Waals surface area contributed by atoms with Crippen LogP contribution in [0.25, 0.3) is 0 Å². The lowest BCUT2D eigenvalue weighted by Gasteiger charge is -2.11. The standard InChI is InChI=1S/C11H9BrClN3O2S/c1-18-9-6(12)2-5(13)3-7(9)15-10(17)8-4-19-11(14)16-8/h2-4H,1H3,(H2,14,16)(H,15,17). The Labute approximate surface area is 126 Å². The quantitative estimate of drug-likeness (QED) is 0.877. The molecule has 0 bridgehead atoms. The van der Waals surface area contributed by atoms with Crippen LogP contribution >= 0.6 is 38.9 Å². The van der Waals surface area contributed by atoms with Crippen LogP contribution in [0.3, 0.4) is 0 Å². The number of rotatable bonds is 3. The van der Waals surface area contributed by atoms with Gasteiger partial charge in [-0.05, 0) is 28.1 Å². The predicted molar refractivity (Wildman–Crippen MR) is 80.2 cm³/mol. The fraction of sp³-hybridized carbons (Fsp3) is 0.0909. The number of nitrogens with one attached hydrogen (secondary N) is 1. The number of carbonyl (C=O) groups excluding carboxylic acids is 1. The Hall–Kier alpha value is -1.31. The number of anilines is 2. The number of thiazole rings is 1. The van der Waals surface area contributed by atoms with Crippen molar-refractivity contribution in [3.8, 4) is 5.75 Å². The molecule has 2 rings (SSSR count).